The first kappa shape index (κ1) is 36.2. The number of anilines is 1. The number of esters is 1. The summed E-state index contributed by atoms with van der Waals surface area (Å²) in [5.41, 5.74) is 4.32. The van der Waals surface area contributed by atoms with Crippen LogP contribution in [0.1, 0.15) is 61.6 Å². The highest BCUT2D eigenvalue weighted by Crippen LogP contribution is 2.48. The molecule has 270 valence electrons. The van der Waals surface area contributed by atoms with Crippen molar-refractivity contribution in [1.29, 1.82) is 0 Å². The van der Waals surface area contributed by atoms with Crippen LogP contribution in [0, 0.1) is 11.3 Å². The molecule has 1 unspecified atom stereocenters. The second-order valence-corrected chi connectivity index (χ2v) is 14.3. The van der Waals surface area contributed by atoms with Gasteiger partial charge in [-0.25, -0.2) is 0 Å². The first-order valence-electron chi connectivity index (χ1n) is 18.9. The Labute approximate surface area is 299 Å². The molecule has 3 fully saturated rings. The van der Waals surface area contributed by atoms with Gasteiger partial charge < -0.3 is 29.2 Å². The normalized spacial score (nSPS) is 18.7. The number of hydrogen-bond donors (Lipinski definition) is 1. The Balaban J connectivity index is 1.27. The smallest absolute Gasteiger partial charge is 0.317 e. The Hall–Kier alpha value is -3.59. The fourth-order valence-corrected chi connectivity index (χ4v) is 8.31. The van der Waals surface area contributed by atoms with Gasteiger partial charge in [-0.1, -0.05) is 55.7 Å². The van der Waals surface area contributed by atoms with Gasteiger partial charge in [-0.2, -0.15) is 0 Å². The van der Waals surface area contributed by atoms with E-state index < -0.39 is 5.41 Å². The summed E-state index contributed by atoms with van der Waals surface area (Å²) in [5, 5.41) is 3.47. The highest BCUT2D eigenvalue weighted by Gasteiger charge is 2.47. The van der Waals surface area contributed by atoms with Crippen LogP contribution in [0.4, 0.5) is 5.69 Å². The Bertz CT molecular complexity index is 1500. The Morgan fingerprint density at radius 1 is 0.780 bits per heavy atom. The molecular weight excluding hydrogens is 626 g/mol. The van der Waals surface area contributed by atoms with E-state index in [0.717, 1.165) is 140 Å². The predicted molar refractivity (Wildman–Crippen MR) is 200 cm³/mol. The first-order valence-corrected chi connectivity index (χ1v) is 18.9. The quantitative estimate of drug-likeness (QED) is 0.140. The van der Waals surface area contributed by atoms with Crippen LogP contribution in [-0.4, -0.2) is 84.1 Å². The van der Waals surface area contributed by atoms with Crippen molar-refractivity contribution in [2.75, 3.05) is 78.1 Å². The summed E-state index contributed by atoms with van der Waals surface area (Å²) < 4.78 is 23.4. The monoisotopic (exact) mass is 683 g/mol. The van der Waals surface area contributed by atoms with Gasteiger partial charge in [0.1, 0.15) is 5.75 Å². The van der Waals surface area contributed by atoms with E-state index in [0.29, 0.717) is 0 Å². The number of morpholine rings is 1. The maximum Gasteiger partial charge on any atom is 0.317 e. The summed E-state index contributed by atoms with van der Waals surface area (Å²) in [6.07, 6.45) is 9.51. The van der Waals surface area contributed by atoms with Crippen molar-refractivity contribution in [3.05, 3.63) is 83.4 Å². The molecule has 1 saturated carbocycles. The molecule has 8 nitrogen and oxygen atoms in total. The number of aryl methyl sites for hydroxylation is 2. The maximum atomic E-state index is 14.9. The van der Waals surface area contributed by atoms with Gasteiger partial charge in [-0.15, -0.1) is 0 Å². The van der Waals surface area contributed by atoms with Crippen molar-refractivity contribution in [3.8, 4) is 17.2 Å². The summed E-state index contributed by atoms with van der Waals surface area (Å²) >= 11 is 0. The number of rotatable bonds is 15. The highest BCUT2D eigenvalue weighted by atomic mass is 16.5. The molecule has 2 saturated heterocycles. The Morgan fingerprint density at radius 2 is 1.48 bits per heavy atom. The second kappa shape index (κ2) is 18.1. The number of nitrogens with zero attached hydrogens (tertiary/aromatic N) is 2. The second-order valence-electron chi connectivity index (χ2n) is 14.3. The zero-order valence-electron chi connectivity index (χ0n) is 30.3. The molecule has 0 bridgehead atoms. The molecule has 0 aromatic heterocycles. The van der Waals surface area contributed by atoms with Gasteiger partial charge in [0.15, 0.2) is 11.5 Å². The maximum absolute atomic E-state index is 14.9. The van der Waals surface area contributed by atoms with E-state index in [1.54, 1.807) is 14.2 Å². The van der Waals surface area contributed by atoms with Gasteiger partial charge in [0.2, 0.25) is 0 Å². The molecule has 0 radical (unpaired) electrons. The number of carbonyl (C=O) groups is 1. The lowest BCUT2D eigenvalue weighted by atomic mass is 9.63. The van der Waals surface area contributed by atoms with Gasteiger partial charge in [0, 0.05) is 51.5 Å². The molecule has 0 spiro atoms. The summed E-state index contributed by atoms with van der Waals surface area (Å²) in [7, 11) is 3.35. The minimum atomic E-state index is -0.526. The van der Waals surface area contributed by atoms with Crippen molar-refractivity contribution in [1.82, 2.24) is 10.2 Å². The molecule has 3 aromatic carbocycles. The van der Waals surface area contributed by atoms with E-state index in [2.05, 4.69) is 75.8 Å². The number of hydrogen-bond acceptors (Lipinski definition) is 8. The summed E-state index contributed by atoms with van der Waals surface area (Å²) in [6, 6.07) is 23.4. The molecule has 6 rings (SSSR count). The number of benzene rings is 3. The van der Waals surface area contributed by atoms with Crippen molar-refractivity contribution >= 4 is 11.7 Å². The minimum Gasteiger partial charge on any atom is -0.493 e. The van der Waals surface area contributed by atoms with E-state index in [4.69, 9.17) is 18.9 Å². The fourth-order valence-electron chi connectivity index (χ4n) is 8.31. The topological polar surface area (TPSA) is 72.5 Å². The molecule has 1 N–H and O–H groups in total. The zero-order valence-corrected chi connectivity index (χ0v) is 30.3. The zero-order chi connectivity index (χ0) is 34.6. The van der Waals surface area contributed by atoms with Gasteiger partial charge in [-0.3, -0.25) is 9.69 Å². The van der Waals surface area contributed by atoms with Crippen LogP contribution in [0.15, 0.2) is 66.7 Å². The van der Waals surface area contributed by atoms with Crippen LogP contribution in [0.5, 0.6) is 17.2 Å². The highest BCUT2D eigenvalue weighted by molar-refractivity contribution is 5.80. The third kappa shape index (κ3) is 9.19. The van der Waals surface area contributed by atoms with Gasteiger partial charge in [0.25, 0.3) is 0 Å². The number of piperazine rings is 1. The van der Waals surface area contributed by atoms with E-state index >= 15 is 0 Å². The van der Waals surface area contributed by atoms with Crippen molar-refractivity contribution < 1.29 is 23.7 Å². The average molecular weight is 684 g/mol. The van der Waals surface area contributed by atoms with Crippen molar-refractivity contribution in [2.45, 2.75) is 64.2 Å². The van der Waals surface area contributed by atoms with Crippen LogP contribution in [0.3, 0.4) is 0 Å². The molecule has 50 heavy (non-hydrogen) atoms. The van der Waals surface area contributed by atoms with Crippen LogP contribution in [0.2, 0.25) is 0 Å². The SMILES string of the molecule is COc1ccc(CCC(CCc2ccccc2)C2(C(=O)Oc3ccc(N4CCNCC4)cc3CCN3CCOCC3)CCCCC2)cc1OC. The van der Waals surface area contributed by atoms with Crippen molar-refractivity contribution in [2.24, 2.45) is 11.3 Å². The number of methoxy groups -OCH3 is 2. The molecule has 8 heteroatoms. The lowest BCUT2D eigenvalue weighted by molar-refractivity contribution is -0.153. The fraction of sp³-hybridized carbons (Fsp3) is 0.548. The minimum absolute atomic E-state index is 0.0369. The number of ether oxygens (including phenoxy) is 4. The first-order chi connectivity index (χ1) is 24.6. The Morgan fingerprint density at radius 3 is 2.20 bits per heavy atom. The summed E-state index contributed by atoms with van der Waals surface area (Å²) in [5.74, 6) is 2.35. The van der Waals surface area contributed by atoms with E-state index in [9.17, 15) is 4.79 Å². The molecule has 1 aliphatic carbocycles. The standard InChI is InChI=1S/C42H57N3O5/c1-47-39-17-13-34(31-40(39)48-2)12-15-36(14-11-33-9-5-3-6-10-33)42(20-7-4-8-21-42)41(46)50-38-18-16-37(45-25-22-43-23-26-45)32-35(38)19-24-44-27-29-49-30-28-44/h3,5-6,9-10,13,16-18,31-32,36,43H,4,7-8,11-12,14-15,19-30H2,1-2H3. The van der Waals surface area contributed by atoms with E-state index in [1.165, 1.54) is 23.2 Å². The van der Waals surface area contributed by atoms with Crippen LogP contribution < -0.4 is 24.4 Å². The molecule has 1 atom stereocenters. The third-order valence-electron chi connectivity index (χ3n) is 11.3. The molecule has 2 heterocycles. The molecule has 0 amide bonds. The molecule has 2 aliphatic heterocycles. The van der Waals surface area contributed by atoms with Gasteiger partial charge in [0.05, 0.1) is 32.8 Å². The van der Waals surface area contributed by atoms with E-state index in [1.807, 2.05) is 6.07 Å². The van der Waals surface area contributed by atoms with E-state index in [-0.39, 0.29) is 11.9 Å². The van der Waals surface area contributed by atoms with Crippen LogP contribution in [0.25, 0.3) is 0 Å². The average Bonchev–Trinajstić information content (AvgIpc) is 3.18. The lowest BCUT2D eigenvalue weighted by Crippen LogP contribution is -2.44. The number of carbonyl (C=O) groups excluding carboxylic acids is 1. The van der Waals surface area contributed by atoms with Crippen LogP contribution >= 0.6 is 0 Å². The van der Waals surface area contributed by atoms with Crippen molar-refractivity contribution in [3.63, 3.8) is 0 Å². The number of nitrogens with one attached hydrogen (secondary N) is 1. The lowest BCUT2D eigenvalue weighted by Gasteiger charge is -2.42. The summed E-state index contributed by atoms with van der Waals surface area (Å²) in [6.45, 7) is 8.29. The third-order valence-corrected chi connectivity index (χ3v) is 11.3. The van der Waals surface area contributed by atoms with Gasteiger partial charge in [-0.05, 0) is 97.9 Å². The molecule has 3 aromatic rings. The molecule has 3 aliphatic rings. The largest absolute Gasteiger partial charge is 0.493 e. The Kier molecular flexibility index (Phi) is 13.1. The van der Waals surface area contributed by atoms with Crippen LogP contribution in [-0.2, 0) is 28.8 Å². The van der Waals surface area contributed by atoms with Gasteiger partial charge >= 0.3 is 5.97 Å². The predicted octanol–water partition coefficient (Wildman–Crippen LogP) is 6.73. The molecular formula is C42H57N3O5. The summed E-state index contributed by atoms with van der Waals surface area (Å²) in [4.78, 5) is 19.8.